The van der Waals surface area contributed by atoms with E-state index in [4.69, 9.17) is 4.74 Å². The van der Waals surface area contributed by atoms with Gasteiger partial charge < -0.3 is 10.1 Å². The van der Waals surface area contributed by atoms with Gasteiger partial charge in [-0.15, -0.1) is 0 Å². The molecule has 0 saturated carbocycles. The Labute approximate surface area is 125 Å². The maximum absolute atomic E-state index is 12.5. The highest BCUT2D eigenvalue weighted by Crippen LogP contribution is 2.28. The average Bonchev–Trinajstić information content (AvgIpc) is 2.68. The summed E-state index contributed by atoms with van der Waals surface area (Å²) >= 11 is 0. The zero-order chi connectivity index (χ0) is 17.3. The van der Waals surface area contributed by atoms with Crippen LogP contribution in [0.15, 0.2) is 6.07 Å². The Balaban J connectivity index is 2.81. The van der Waals surface area contributed by atoms with E-state index in [1.165, 1.54) is 14.0 Å². The summed E-state index contributed by atoms with van der Waals surface area (Å²) in [5.41, 5.74) is -2.21. The van der Waals surface area contributed by atoms with Gasteiger partial charge in [-0.3, -0.25) is 9.48 Å². The Morgan fingerprint density at radius 3 is 2.27 bits per heavy atom. The van der Waals surface area contributed by atoms with Crippen LogP contribution in [0.2, 0.25) is 0 Å². The molecule has 22 heavy (non-hydrogen) atoms. The first kappa shape index (κ1) is 18.0. The second kappa shape index (κ2) is 5.98. The number of aryl methyl sites for hydroxylation is 1. The SMILES string of the molecule is C[C@H](NC(=O)c1cc(C(F)(F)F)nn1C)C(=O)OC(C)(C)C. The van der Waals surface area contributed by atoms with Gasteiger partial charge in [0.25, 0.3) is 5.91 Å². The van der Waals surface area contributed by atoms with Crippen LogP contribution in [0.25, 0.3) is 0 Å². The van der Waals surface area contributed by atoms with E-state index in [9.17, 15) is 22.8 Å². The maximum atomic E-state index is 12.5. The predicted molar refractivity (Wildman–Crippen MR) is 71.0 cm³/mol. The Hall–Kier alpha value is -2.06. The zero-order valence-electron chi connectivity index (χ0n) is 12.9. The summed E-state index contributed by atoms with van der Waals surface area (Å²) in [5.74, 6) is -1.53. The molecule has 9 heteroatoms. The molecule has 1 aromatic heterocycles. The third-order valence-electron chi connectivity index (χ3n) is 2.51. The standard InChI is InChI=1S/C13H18F3N3O3/c1-7(11(21)22-12(2,3)4)17-10(20)8-6-9(13(14,15)16)18-19(8)5/h6-7H,1-5H3,(H,17,20)/t7-/m0/s1. The second-order valence-corrected chi connectivity index (χ2v) is 5.76. The van der Waals surface area contributed by atoms with Gasteiger partial charge in [-0.1, -0.05) is 0 Å². The third-order valence-corrected chi connectivity index (χ3v) is 2.51. The monoisotopic (exact) mass is 321 g/mol. The van der Waals surface area contributed by atoms with E-state index in [0.29, 0.717) is 6.07 Å². The predicted octanol–water partition coefficient (Wildman–Crippen LogP) is 1.90. The van der Waals surface area contributed by atoms with Crippen molar-refractivity contribution in [1.82, 2.24) is 15.1 Å². The van der Waals surface area contributed by atoms with Gasteiger partial charge in [-0.2, -0.15) is 18.3 Å². The lowest BCUT2D eigenvalue weighted by Crippen LogP contribution is -2.42. The highest BCUT2D eigenvalue weighted by Gasteiger charge is 2.35. The van der Waals surface area contributed by atoms with Crippen molar-refractivity contribution in [3.63, 3.8) is 0 Å². The van der Waals surface area contributed by atoms with Gasteiger partial charge in [0.15, 0.2) is 5.69 Å². The molecule has 1 N–H and O–H groups in total. The number of carbonyl (C=O) groups is 2. The van der Waals surface area contributed by atoms with E-state index in [0.717, 1.165) is 4.68 Å². The van der Waals surface area contributed by atoms with Crippen molar-refractivity contribution >= 4 is 11.9 Å². The molecule has 1 aromatic rings. The summed E-state index contributed by atoms with van der Waals surface area (Å²) in [7, 11) is 1.21. The molecule has 0 aliphatic rings. The summed E-state index contributed by atoms with van der Waals surface area (Å²) in [6.07, 6.45) is -4.65. The number of rotatable bonds is 3. The van der Waals surface area contributed by atoms with Crippen LogP contribution in [0, 0.1) is 0 Å². The zero-order valence-corrected chi connectivity index (χ0v) is 12.9. The lowest BCUT2D eigenvalue weighted by molar-refractivity contribution is -0.156. The van der Waals surface area contributed by atoms with Gasteiger partial charge in [0.2, 0.25) is 0 Å². The molecule has 1 atom stereocenters. The molecule has 1 amide bonds. The fourth-order valence-corrected chi connectivity index (χ4v) is 1.54. The quantitative estimate of drug-likeness (QED) is 0.863. The molecular formula is C13H18F3N3O3. The Morgan fingerprint density at radius 1 is 1.32 bits per heavy atom. The number of amides is 1. The number of aromatic nitrogens is 2. The largest absolute Gasteiger partial charge is 0.458 e. The van der Waals surface area contributed by atoms with Crippen LogP contribution in [0.5, 0.6) is 0 Å². The average molecular weight is 321 g/mol. The van der Waals surface area contributed by atoms with Crippen molar-refractivity contribution in [3.05, 3.63) is 17.5 Å². The summed E-state index contributed by atoms with van der Waals surface area (Å²) < 4.78 is 43.5. The van der Waals surface area contributed by atoms with Crippen molar-refractivity contribution in [2.75, 3.05) is 0 Å². The number of alkyl halides is 3. The number of halogens is 3. The fraction of sp³-hybridized carbons (Fsp3) is 0.615. The first-order valence-electron chi connectivity index (χ1n) is 6.46. The van der Waals surface area contributed by atoms with E-state index in [-0.39, 0.29) is 5.69 Å². The second-order valence-electron chi connectivity index (χ2n) is 5.76. The minimum atomic E-state index is -4.65. The molecule has 124 valence electrons. The Kier molecular flexibility index (Phi) is 4.89. The van der Waals surface area contributed by atoms with Crippen molar-refractivity contribution in [1.29, 1.82) is 0 Å². The lowest BCUT2D eigenvalue weighted by Gasteiger charge is -2.22. The van der Waals surface area contributed by atoms with Gasteiger partial charge in [0.1, 0.15) is 17.3 Å². The third kappa shape index (κ3) is 4.74. The number of ether oxygens (including phenoxy) is 1. The molecule has 6 nitrogen and oxygen atoms in total. The van der Waals surface area contributed by atoms with Gasteiger partial charge in [0, 0.05) is 13.1 Å². The molecule has 0 saturated heterocycles. The summed E-state index contributed by atoms with van der Waals surface area (Å²) in [4.78, 5) is 23.7. The van der Waals surface area contributed by atoms with Gasteiger partial charge in [-0.25, -0.2) is 4.79 Å². The maximum Gasteiger partial charge on any atom is 0.435 e. The highest BCUT2D eigenvalue weighted by atomic mass is 19.4. The van der Waals surface area contributed by atoms with Gasteiger partial charge in [-0.05, 0) is 27.7 Å². The number of nitrogens with zero attached hydrogens (tertiary/aromatic N) is 2. The van der Waals surface area contributed by atoms with E-state index < -0.39 is 35.4 Å². The summed E-state index contributed by atoms with van der Waals surface area (Å²) in [6, 6.07) is -0.382. The fourth-order valence-electron chi connectivity index (χ4n) is 1.54. The van der Waals surface area contributed by atoms with Crippen molar-refractivity contribution in [2.45, 2.75) is 45.5 Å². The Bertz CT molecular complexity index is 573. The first-order valence-corrected chi connectivity index (χ1v) is 6.46. The Morgan fingerprint density at radius 2 is 1.86 bits per heavy atom. The van der Waals surface area contributed by atoms with Crippen LogP contribution in [-0.4, -0.2) is 33.3 Å². The molecule has 1 heterocycles. The number of carbonyl (C=O) groups excluding carboxylic acids is 2. The van der Waals surface area contributed by atoms with Crippen LogP contribution in [0.3, 0.4) is 0 Å². The minimum absolute atomic E-state index is 0.303. The van der Waals surface area contributed by atoms with E-state index in [2.05, 4.69) is 10.4 Å². The molecule has 0 fully saturated rings. The molecule has 0 aliphatic carbocycles. The van der Waals surface area contributed by atoms with Crippen molar-refractivity contribution in [2.24, 2.45) is 7.05 Å². The number of nitrogens with one attached hydrogen (secondary N) is 1. The number of esters is 1. The summed E-state index contributed by atoms with van der Waals surface area (Å²) in [5, 5.41) is 5.51. The summed E-state index contributed by atoms with van der Waals surface area (Å²) in [6.45, 7) is 6.37. The smallest absolute Gasteiger partial charge is 0.435 e. The molecule has 1 rings (SSSR count). The lowest BCUT2D eigenvalue weighted by atomic mass is 10.2. The molecule has 0 unspecified atom stereocenters. The molecule has 0 aromatic carbocycles. The van der Waals surface area contributed by atoms with Gasteiger partial charge in [0.05, 0.1) is 0 Å². The van der Waals surface area contributed by atoms with E-state index in [1.807, 2.05) is 0 Å². The molecule has 0 bridgehead atoms. The molecule has 0 spiro atoms. The van der Waals surface area contributed by atoms with Crippen molar-refractivity contribution < 1.29 is 27.5 Å². The molecule has 0 radical (unpaired) electrons. The highest BCUT2D eigenvalue weighted by molar-refractivity contribution is 5.95. The normalized spacial score (nSPS) is 13.6. The van der Waals surface area contributed by atoms with Crippen LogP contribution >= 0.6 is 0 Å². The first-order chi connectivity index (χ1) is 9.81. The minimum Gasteiger partial charge on any atom is -0.458 e. The van der Waals surface area contributed by atoms with E-state index in [1.54, 1.807) is 20.8 Å². The van der Waals surface area contributed by atoms with E-state index >= 15 is 0 Å². The number of hydrogen-bond donors (Lipinski definition) is 1. The topological polar surface area (TPSA) is 73.2 Å². The van der Waals surface area contributed by atoms with Crippen LogP contribution < -0.4 is 5.32 Å². The van der Waals surface area contributed by atoms with Crippen LogP contribution in [-0.2, 0) is 22.8 Å². The van der Waals surface area contributed by atoms with Gasteiger partial charge >= 0.3 is 12.1 Å². The van der Waals surface area contributed by atoms with Crippen LogP contribution in [0.1, 0.15) is 43.9 Å². The van der Waals surface area contributed by atoms with Crippen molar-refractivity contribution in [3.8, 4) is 0 Å². The molecule has 0 aliphatic heterocycles. The number of hydrogen-bond acceptors (Lipinski definition) is 4. The molecular weight excluding hydrogens is 303 g/mol. The van der Waals surface area contributed by atoms with Crippen LogP contribution in [0.4, 0.5) is 13.2 Å².